The van der Waals surface area contributed by atoms with Crippen molar-refractivity contribution in [3.63, 3.8) is 0 Å². The highest BCUT2D eigenvalue weighted by Crippen LogP contribution is 2.30. The zero-order chi connectivity index (χ0) is 21.7. The van der Waals surface area contributed by atoms with Crippen LogP contribution in [0.15, 0.2) is 28.6 Å². The number of alkyl halides is 3. The zero-order valence-corrected chi connectivity index (χ0v) is 17.5. The van der Waals surface area contributed by atoms with Crippen molar-refractivity contribution in [3.8, 4) is 5.75 Å². The van der Waals surface area contributed by atoms with Gasteiger partial charge in [-0.3, -0.25) is 9.89 Å². The van der Waals surface area contributed by atoms with E-state index in [9.17, 15) is 17.6 Å². The van der Waals surface area contributed by atoms with Crippen molar-refractivity contribution >= 4 is 17.3 Å². The number of guanidine groups is 1. The first-order valence-corrected chi connectivity index (χ1v) is 10.2. The SMILES string of the molecule is CN=C(NCc1nc(C(F)(F)F)cs1)N1CCN(Cc2ccc(OC)c(F)c2)CC1. The molecule has 0 radical (unpaired) electrons. The highest BCUT2D eigenvalue weighted by Gasteiger charge is 2.33. The summed E-state index contributed by atoms with van der Waals surface area (Å²) in [6.45, 7) is 3.71. The molecule has 1 saturated heterocycles. The number of nitrogens with zero attached hydrogens (tertiary/aromatic N) is 4. The fourth-order valence-corrected chi connectivity index (χ4v) is 3.93. The number of halogens is 4. The van der Waals surface area contributed by atoms with Gasteiger partial charge in [0.05, 0.1) is 13.7 Å². The van der Waals surface area contributed by atoms with E-state index in [2.05, 4.69) is 20.2 Å². The van der Waals surface area contributed by atoms with Crippen LogP contribution >= 0.6 is 11.3 Å². The predicted molar refractivity (Wildman–Crippen MR) is 107 cm³/mol. The van der Waals surface area contributed by atoms with E-state index in [1.807, 2.05) is 11.0 Å². The summed E-state index contributed by atoms with van der Waals surface area (Å²) in [6, 6.07) is 4.95. The molecule has 1 aromatic heterocycles. The summed E-state index contributed by atoms with van der Waals surface area (Å²) in [6.07, 6.45) is -4.43. The second-order valence-electron chi connectivity index (χ2n) is 6.76. The van der Waals surface area contributed by atoms with Crippen LogP contribution in [0.3, 0.4) is 0 Å². The minimum Gasteiger partial charge on any atom is -0.494 e. The summed E-state index contributed by atoms with van der Waals surface area (Å²) in [7, 11) is 3.07. The molecular formula is C19H23F4N5OS. The standard InChI is InChI=1S/C19H23F4N5OS/c1-24-18(25-10-17-26-16(12-30-17)19(21,22)23)28-7-5-27(6-8-28)11-13-3-4-15(29-2)14(20)9-13/h3-4,9,12H,5-8,10-11H2,1-2H3,(H,24,25). The second kappa shape index (κ2) is 9.61. The van der Waals surface area contributed by atoms with Gasteiger partial charge in [0.1, 0.15) is 5.01 Å². The molecular weight excluding hydrogens is 422 g/mol. The normalized spacial score (nSPS) is 16.1. The van der Waals surface area contributed by atoms with Gasteiger partial charge < -0.3 is 15.0 Å². The highest BCUT2D eigenvalue weighted by molar-refractivity contribution is 7.09. The Morgan fingerprint density at radius 1 is 1.27 bits per heavy atom. The first-order valence-electron chi connectivity index (χ1n) is 9.32. The minimum atomic E-state index is -4.43. The molecule has 2 aromatic rings. The number of hydrogen-bond donors (Lipinski definition) is 1. The van der Waals surface area contributed by atoms with E-state index in [0.29, 0.717) is 30.6 Å². The quantitative estimate of drug-likeness (QED) is 0.435. The molecule has 1 fully saturated rings. The topological polar surface area (TPSA) is 53.0 Å². The molecule has 0 saturated carbocycles. The Labute approximate surface area is 176 Å². The number of benzene rings is 1. The van der Waals surface area contributed by atoms with Crippen LogP contribution in [0.25, 0.3) is 0 Å². The van der Waals surface area contributed by atoms with E-state index in [1.54, 1.807) is 13.1 Å². The molecule has 0 atom stereocenters. The van der Waals surface area contributed by atoms with Crippen LogP contribution in [0.5, 0.6) is 5.75 Å². The lowest BCUT2D eigenvalue weighted by atomic mass is 10.2. The number of hydrogen-bond acceptors (Lipinski definition) is 5. The van der Waals surface area contributed by atoms with Gasteiger partial charge in [0.2, 0.25) is 0 Å². The Hall–Kier alpha value is -2.40. The Morgan fingerprint density at radius 2 is 2.00 bits per heavy atom. The van der Waals surface area contributed by atoms with Gasteiger partial charge in [0, 0.05) is 45.2 Å². The van der Waals surface area contributed by atoms with E-state index in [4.69, 9.17) is 4.74 Å². The first-order chi connectivity index (χ1) is 14.3. The number of piperazine rings is 1. The van der Waals surface area contributed by atoms with Crippen molar-refractivity contribution in [1.29, 1.82) is 0 Å². The molecule has 0 unspecified atom stereocenters. The number of methoxy groups -OCH3 is 1. The maximum Gasteiger partial charge on any atom is 0.434 e. The average Bonchev–Trinajstić information content (AvgIpc) is 3.19. The zero-order valence-electron chi connectivity index (χ0n) is 16.7. The van der Waals surface area contributed by atoms with Gasteiger partial charge in [-0.05, 0) is 17.7 Å². The smallest absolute Gasteiger partial charge is 0.434 e. The summed E-state index contributed by atoms with van der Waals surface area (Å²) < 4.78 is 56.8. The van der Waals surface area contributed by atoms with Crippen molar-refractivity contribution in [2.75, 3.05) is 40.3 Å². The molecule has 0 spiro atoms. The lowest BCUT2D eigenvalue weighted by Crippen LogP contribution is -2.52. The van der Waals surface area contributed by atoms with E-state index >= 15 is 0 Å². The highest BCUT2D eigenvalue weighted by atomic mass is 32.1. The van der Waals surface area contributed by atoms with Crippen LogP contribution in [0.1, 0.15) is 16.3 Å². The van der Waals surface area contributed by atoms with Crippen molar-refractivity contribution in [3.05, 3.63) is 45.7 Å². The second-order valence-corrected chi connectivity index (χ2v) is 7.70. The van der Waals surface area contributed by atoms with Crippen molar-refractivity contribution in [2.45, 2.75) is 19.3 Å². The number of rotatable bonds is 5. The molecule has 0 bridgehead atoms. The Bertz CT molecular complexity index is 878. The van der Waals surface area contributed by atoms with E-state index in [1.165, 1.54) is 13.2 Å². The molecule has 30 heavy (non-hydrogen) atoms. The van der Waals surface area contributed by atoms with Gasteiger partial charge in [-0.1, -0.05) is 6.07 Å². The molecule has 2 heterocycles. The summed E-state index contributed by atoms with van der Waals surface area (Å²) in [5.41, 5.74) is -0.00336. The molecule has 1 N–H and O–H groups in total. The van der Waals surface area contributed by atoms with Gasteiger partial charge in [-0.25, -0.2) is 9.37 Å². The first kappa shape index (κ1) is 22.3. The largest absolute Gasteiger partial charge is 0.494 e. The van der Waals surface area contributed by atoms with Gasteiger partial charge in [0.25, 0.3) is 0 Å². The number of thiazole rings is 1. The third-order valence-corrected chi connectivity index (χ3v) is 5.59. The molecule has 11 heteroatoms. The predicted octanol–water partition coefficient (Wildman–Crippen LogP) is 3.20. The molecule has 3 rings (SSSR count). The molecule has 6 nitrogen and oxygen atoms in total. The Balaban J connectivity index is 1.49. The molecule has 164 valence electrons. The van der Waals surface area contributed by atoms with Gasteiger partial charge in [0.15, 0.2) is 23.2 Å². The number of aromatic nitrogens is 1. The number of ether oxygens (including phenoxy) is 1. The maximum absolute atomic E-state index is 13.9. The van der Waals surface area contributed by atoms with Crippen LogP contribution in [-0.2, 0) is 19.3 Å². The average molecular weight is 445 g/mol. The summed E-state index contributed by atoms with van der Waals surface area (Å²) in [5.74, 6) is 0.462. The third-order valence-electron chi connectivity index (χ3n) is 4.75. The van der Waals surface area contributed by atoms with Crippen LogP contribution in [0.2, 0.25) is 0 Å². The molecule has 1 aliphatic rings. The fourth-order valence-electron chi connectivity index (χ4n) is 3.19. The van der Waals surface area contributed by atoms with E-state index in [0.717, 1.165) is 35.4 Å². The van der Waals surface area contributed by atoms with Gasteiger partial charge >= 0.3 is 6.18 Å². The van der Waals surface area contributed by atoms with E-state index in [-0.39, 0.29) is 18.1 Å². The Kier molecular flexibility index (Phi) is 7.14. The van der Waals surface area contributed by atoms with Crippen LogP contribution in [-0.4, -0.2) is 61.1 Å². The molecule has 0 amide bonds. The summed E-state index contributed by atoms with van der Waals surface area (Å²) in [5, 5.41) is 4.44. The molecule has 1 aliphatic heterocycles. The van der Waals surface area contributed by atoms with Gasteiger partial charge in [-0.15, -0.1) is 11.3 Å². The lowest BCUT2D eigenvalue weighted by molar-refractivity contribution is -0.140. The lowest BCUT2D eigenvalue weighted by Gasteiger charge is -2.36. The summed E-state index contributed by atoms with van der Waals surface area (Å²) >= 11 is 0.966. The van der Waals surface area contributed by atoms with Gasteiger partial charge in [-0.2, -0.15) is 13.2 Å². The van der Waals surface area contributed by atoms with Crippen LogP contribution < -0.4 is 10.1 Å². The van der Waals surface area contributed by atoms with E-state index < -0.39 is 11.9 Å². The molecule has 0 aliphatic carbocycles. The fraction of sp³-hybridized carbons (Fsp3) is 0.474. The third kappa shape index (κ3) is 5.60. The maximum atomic E-state index is 13.9. The van der Waals surface area contributed by atoms with Crippen molar-refractivity contribution in [1.82, 2.24) is 20.1 Å². The van der Waals surface area contributed by atoms with Crippen molar-refractivity contribution < 1.29 is 22.3 Å². The Morgan fingerprint density at radius 3 is 2.57 bits per heavy atom. The summed E-state index contributed by atoms with van der Waals surface area (Å²) in [4.78, 5) is 12.1. The van der Waals surface area contributed by atoms with Crippen LogP contribution in [0.4, 0.5) is 17.6 Å². The van der Waals surface area contributed by atoms with Crippen LogP contribution in [0, 0.1) is 5.82 Å². The monoisotopic (exact) mass is 445 g/mol. The molecule has 1 aromatic carbocycles. The number of aliphatic imine (C=N–C) groups is 1. The number of nitrogens with one attached hydrogen (secondary N) is 1. The minimum absolute atomic E-state index is 0.179. The van der Waals surface area contributed by atoms with Crippen molar-refractivity contribution in [2.24, 2.45) is 4.99 Å².